The molecule has 21 heavy (non-hydrogen) atoms. The van der Waals surface area contributed by atoms with Gasteiger partial charge in [-0.25, -0.2) is 4.68 Å². The normalized spacial score (nSPS) is 10.9. The zero-order valence-electron chi connectivity index (χ0n) is 12.8. The van der Waals surface area contributed by atoms with Gasteiger partial charge in [0.2, 0.25) is 5.88 Å². The predicted molar refractivity (Wildman–Crippen MR) is 83.7 cm³/mol. The fraction of sp³-hybridized carbons (Fsp3) is 0.235. The second-order valence-electron chi connectivity index (χ2n) is 5.15. The Morgan fingerprint density at radius 3 is 2.10 bits per heavy atom. The highest BCUT2D eigenvalue weighted by molar-refractivity contribution is 5.71. The van der Waals surface area contributed by atoms with Crippen LogP contribution in [0.3, 0.4) is 0 Å². The number of aromatic nitrogens is 3. The summed E-state index contributed by atoms with van der Waals surface area (Å²) in [6.45, 7) is 6.13. The van der Waals surface area contributed by atoms with Crippen LogP contribution in [0.1, 0.15) is 17.1 Å². The zero-order valence-corrected chi connectivity index (χ0v) is 12.8. The first-order valence-electron chi connectivity index (χ1n) is 6.98. The van der Waals surface area contributed by atoms with E-state index in [-0.39, 0.29) is 0 Å². The molecule has 0 spiro atoms. The number of aryl methyl sites for hydroxylation is 3. The molecule has 0 atom stereocenters. The fourth-order valence-electron chi connectivity index (χ4n) is 2.71. The highest BCUT2D eigenvalue weighted by Gasteiger charge is 2.20. The molecule has 0 N–H and O–H groups in total. The molecule has 2 heterocycles. The van der Waals surface area contributed by atoms with Gasteiger partial charge in [0.05, 0.1) is 18.4 Å². The van der Waals surface area contributed by atoms with Gasteiger partial charge in [-0.05, 0) is 38.5 Å². The minimum Gasteiger partial charge on any atom is -0.479 e. The van der Waals surface area contributed by atoms with Gasteiger partial charge >= 0.3 is 0 Å². The zero-order chi connectivity index (χ0) is 15.0. The molecule has 0 aliphatic heterocycles. The van der Waals surface area contributed by atoms with E-state index >= 15 is 0 Å². The van der Waals surface area contributed by atoms with Crippen molar-refractivity contribution in [2.24, 2.45) is 0 Å². The van der Waals surface area contributed by atoms with Crippen molar-refractivity contribution in [3.05, 3.63) is 59.5 Å². The van der Waals surface area contributed by atoms with Gasteiger partial charge in [-0.2, -0.15) is 5.10 Å². The third-order valence-corrected chi connectivity index (χ3v) is 3.68. The molecule has 0 radical (unpaired) electrons. The number of benzene rings is 1. The molecule has 0 fully saturated rings. The molecule has 0 saturated heterocycles. The van der Waals surface area contributed by atoms with E-state index in [9.17, 15) is 0 Å². The van der Waals surface area contributed by atoms with Gasteiger partial charge in [0, 0.05) is 11.4 Å². The van der Waals surface area contributed by atoms with Crippen LogP contribution < -0.4 is 4.74 Å². The molecule has 0 amide bonds. The van der Waals surface area contributed by atoms with Crippen LogP contribution in [0, 0.1) is 20.8 Å². The molecule has 0 bridgehead atoms. The monoisotopic (exact) mass is 281 g/mol. The standard InChI is InChI=1S/C17H19N3O/c1-12-10-11-13(2)19(12)20-17(21-4)16(14(3)18-20)15-8-6-5-7-9-15/h5-11H,1-4H3. The number of rotatable bonds is 3. The van der Waals surface area contributed by atoms with Crippen molar-refractivity contribution in [1.82, 2.24) is 14.6 Å². The average molecular weight is 281 g/mol. The van der Waals surface area contributed by atoms with E-state index in [0.717, 1.165) is 34.1 Å². The molecule has 3 aromatic rings. The van der Waals surface area contributed by atoms with Crippen molar-refractivity contribution in [2.45, 2.75) is 20.8 Å². The number of nitrogens with zero attached hydrogens (tertiary/aromatic N) is 3. The molecule has 1 aromatic carbocycles. The molecule has 108 valence electrons. The van der Waals surface area contributed by atoms with Crippen molar-refractivity contribution in [3.63, 3.8) is 0 Å². The SMILES string of the molecule is COc1c(-c2ccccc2)c(C)nn1-n1c(C)ccc1C. The molecule has 0 aliphatic rings. The van der Waals surface area contributed by atoms with Crippen molar-refractivity contribution in [3.8, 4) is 17.0 Å². The molecule has 0 saturated carbocycles. The largest absolute Gasteiger partial charge is 0.479 e. The van der Waals surface area contributed by atoms with Gasteiger partial charge in [-0.1, -0.05) is 30.3 Å². The van der Waals surface area contributed by atoms with Gasteiger partial charge in [-0.15, -0.1) is 4.79 Å². The van der Waals surface area contributed by atoms with Crippen LogP contribution in [0.15, 0.2) is 42.5 Å². The summed E-state index contributed by atoms with van der Waals surface area (Å²) in [7, 11) is 1.69. The quantitative estimate of drug-likeness (QED) is 0.734. The van der Waals surface area contributed by atoms with Crippen LogP contribution in [0.4, 0.5) is 0 Å². The number of hydrogen-bond donors (Lipinski definition) is 0. The summed E-state index contributed by atoms with van der Waals surface area (Å²) in [5.41, 5.74) is 5.33. The first kappa shape index (κ1) is 13.5. The first-order valence-corrected chi connectivity index (χ1v) is 6.98. The van der Waals surface area contributed by atoms with Crippen LogP contribution in [0.2, 0.25) is 0 Å². The topological polar surface area (TPSA) is 32.0 Å². The Morgan fingerprint density at radius 2 is 1.52 bits per heavy atom. The van der Waals surface area contributed by atoms with E-state index in [0.29, 0.717) is 0 Å². The van der Waals surface area contributed by atoms with Gasteiger partial charge in [0.25, 0.3) is 0 Å². The van der Waals surface area contributed by atoms with Gasteiger partial charge < -0.3 is 4.74 Å². The molecular formula is C17H19N3O. The number of hydrogen-bond acceptors (Lipinski definition) is 2. The lowest BCUT2D eigenvalue weighted by atomic mass is 10.1. The highest BCUT2D eigenvalue weighted by Crippen LogP contribution is 2.33. The lowest BCUT2D eigenvalue weighted by Crippen LogP contribution is -2.15. The molecule has 4 nitrogen and oxygen atoms in total. The molecule has 4 heteroatoms. The first-order chi connectivity index (χ1) is 10.1. The minimum atomic E-state index is 0.751. The summed E-state index contributed by atoms with van der Waals surface area (Å²) in [6, 6.07) is 14.4. The molecule has 2 aromatic heterocycles. The van der Waals surface area contributed by atoms with Crippen LogP contribution in [-0.4, -0.2) is 21.7 Å². The number of ether oxygens (including phenoxy) is 1. The third-order valence-electron chi connectivity index (χ3n) is 3.68. The summed E-state index contributed by atoms with van der Waals surface area (Å²) in [5, 5.41) is 4.68. The predicted octanol–water partition coefficient (Wildman–Crippen LogP) is 3.60. The Balaban J connectivity index is 2.26. The van der Waals surface area contributed by atoms with E-state index in [1.807, 2.05) is 29.9 Å². The van der Waals surface area contributed by atoms with E-state index in [1.165, 1.54) is 0 Å². The Kier molecular flexibility index (Phi) is 3.29. The minimum absolute atomic E-state index is 0.751. The summed E-state index contributed by atoms with van der Waals surface area (Å²) in [6.07, 6.45) is 0. The summed E-state index contributed by atoms with van der Waals surface area (Å²) >= 11 is 0. The van der Waals surface area contributed by atoms with Crippen molar-refractivity contribution >= 4 is 0 Å². The fourth-order valence-corrected chi connectivity index (χ4v) is 2.71. The van der Waals surface area contributed by atoms with Crippen LogP contribution in [0.5, 0.6) is 5.88 Å². The van der Waals surface area contributed by atoms with Crippen molar-refractivity contribution < 1.29 is 4.74 Å². The smallest absolute Gasteiger partial charge is 0.241 e. The second kappa shape index (κ2) is 5.13. The Hall–Kier alpha value is -2.49. The lowest BCUT2D eigenvalue weighted by Gasteiger charge is -2.12. The average Bonchev–Trinajstić information content (AvgIpc) is 2.99. The molecule has 0 unspecified atom stereocenters. The molecule has 3 rings (SSSR count). The highest BCUT2D eigenvalue weighted by atomic mass is 16.5. The summed E-state index contributed by atoms with van der Waals surface area (Å²) in [4.78, 5) is 1.84. The lowest BCUT2D eigenvalue weighted by molar-refractivity contribution is 0.347. The third kappa shape index (κ3) is 2.13. The summed E-state index contributed by atoms with van der Waals surface area (Å²) in [5.74, 6) is 0.751. The number of methoxy groups -OCH3 is 1. The Morgan fingerprint density at radius 1 is 0.905 bits per heavy atom. The van der Waals surface area contributed by atoms with Crippen molar-refractivity contribution in [1.29, 1.82) is 0 Å². The van der Waals surface area contributed by atoms with E-state index in [2.05, 4.69) is 47.9 Å². The maximum Gasteiger partial charge on any atom is 0.241 e. The molecular weight excluding hydrogens is 262 g/mol. The Labute approximate surface area is 124 Å². The summed E-state index contributed by atoms with van der Waals surface area (Å²) < 4.78 is 7.72. The van der Waals surface area contributed by atoms with Crippen LogP contribution >= 0.6 is 0 Å². The maximum atomic E-state index is 5.67. The van der Waals surface area contributed by atoms with Gasteiger partial charge in [0.1, 0.15) is 0 Å². The van der Waals surface area contributed by atoms with Crippen LogP contribution in [0.25, 0.3) is 11.1 Å². The molecule has 0 aliphatic carbocycles. The van der Waals surface area contributed by atoms with Gasteiger partial charge in [-0.3, -0.25) is 0 Å². The van der Waals surface area contributed by atoms with E-state index in [1.54, 1.807) is 7.11 Å². The Bertz CT molecular complexity index is 749. The van der Waals surface area contributed by atoms with E-state index < -0.39 is 0 Å². The van der Waals surface area contributed by atoms with Crippen LogP contribution in [-0.2, 0) is 0 Å². The maximum absolute atomic E-state index is 5.67. The second-order valence-corrected chi connectivity index (χ2v) is 5.15. The van der Waals surface area contributed by atoms with Gasteiger partial charge in [0.15, 0.2) is 0 Å². The van der Waals surface area contributed by atoms with E-state index in [4.69, 9.17) is 4.74 Å². The van der Waals surface area contributed by atoms with Crippen molar-refractivity contribution in [2.75, 3.05) is 7.11 Å².